The summed E-state index contributed by atoms with van der Waals surface area (Å²) in [5, 5.41) is 9.69. The molecule has 0 aromatic heterocycles. The van der Waals surface area contributed by atoms with Crippen molar-refractivity contribution in [3.63, 3.8) is 0 Å². The third-order valence-corrected chi connectivity index (χ3v) is 4.88. The Labute approximate surface area is 143 Å². The molecule has 128 valence electrons. The van der Waals surface area contributed by atoms with Crippen LogP contribution in [0, 0.1) is 0 Å². The van der Waals surface area contributed by atoms with Gasteiger partial charge in [-0.15, -0.1) is 0 Å². The quantitative estimate of drug-likeness (QED) is 0.821. The summed E-state index contributed by atoms with van der Waals surface area (Å²) in [6.07, 6.45) is 0.904. The first-order valence-electron chi connectivity index (χ1n) is 8.63. The van der Waals surface area contributed by atoms with Crippen molar-refractivity contribution in [2.75, 3.05) is 13.2 Å². The molecule has 4 heteroatoms. The average Bonchev–Trinajstić information content (AvgIpc) is 3.01. The first-order chi connectivity index (χ1) is 11.8. The molecule has 4 nitrogen and oxygen atoms in total. The Kier molecular flexibility index (Phi) is 5.51. The van der Waals surface area contributed by atoms with Crippen molar-refractivity contribution in [3.05, 3.63) is 65.2 Å². The van der Waals surface area contributed by atoms with Crippen LogP contribution in [0.1, 0.15) is 36.1 Å². The zero-order valence-electron chi connectivity index (χ0n) is 14.2. The molecule has 3 rings (SSSR count). The Morgan fingerprint density at radius 2 is 2.00 bits per heavy atom. The number of hydrogen-bond acceptors (Lipinski definition) is 4. The van der Waals surface area contributed by atoms with Gasteiger partial charge in [0, 0.05) is 30.7 Å². The second kappa shape index (κ2) is 7.79. The van der Waals surface area contributed by atoms with Crippen LogP contribution in [-0.4, -0.2) is 29.2 Å². The first kappa shape index (κ1) is 17.0. The molecular formula is C20H26N2O2. The van der Waals surface area contributed by atoms with Crippen LogP contribution in [0.15, 0.2) is 48.5 Å². The van der Waals surface area contributed by atoms with E-state index in [1.165, 1.54) is 11.1 Å². The molecule has 24 heavy (non-hydrogen) atoms. The predicted molar refractivity (Wildman–Crippen MR) is 95.7 cm³/mol. The Balaban J connectivity index is 1.82. The summed E-state index contributed by atoms with van der Waals surface area (Å²) < 4.78 is 6.09. The Bertz CT molecular complexity index is 656. The highest BCUT2D eigenvalue weighted by Gasteiger charge is 2.34. The van der Waals surface area contributed by atoms with E-state index in [2.05, 4.69) is 30.0 Å². The van der Waals surface area contributed by atoms with Crippen LogP contribution < -0.4 is 10.5 Å². The van der Waals surface area contributed by atoms with Crippen LogP contribution in [0.4, 0.5) is 0 Å². The molecule has 2 atom stereocenters. The van der Waals surface area contributed by atoms with Gasteiger partial charge in [0.05, 0.1) is 6.61 Å². The van der Waals surface area contributed by atoms with Crippen LogP contribution in [0.5, 0.6) is 5.75 Å². The molecule has 0 amide bonds. The second-order valence-corrected chi connectivity index (χ2v) is 6.27. The van der Waals surface area contributed by atoms with Gasteiger partial charge in [-0.25, -0.2) is 0 Å². The molecule has 0 fully saturated rings. The lowest BCUT2D eigenvalue weighted by atomic mass is 10.0. The Hall–Kier alpha value is -1.88. The molecule has 1 aliphatic rings. The van der Waals surface area contributed by atoms with Crippen molar-refractivity contribution in [2.24, 2.45) is 5.73 Å². The predicted octanol–water partition coefficient (Wildman–Crippen LogP) is 2.85. The fourth-order valence-corrected chi connectivity index (χ4v) is 3.52. The summed E-state index contributed by atoms with van der Waals surface area (Å²) in [6, 6.07) is 16.7. The standard InChI is InChI=1S/C20H26N2O2/c1-2-16(13-23)22-12-18-17(19(22)11-21)9-6-10-20(18)24-14-15-7-4-3-5-8-15/h3-10,16,19,23H,2,11-14,21H2,1H3. The smallest absolute Gasteiger partial charge is 0.124 e. The highest BCUT2D eigenvalue weighted by atomic mass is 16.5. The molecule has 0 aliphatic carbocycles. The second-order valence-electron chi connectivity index (χ2n) is 6.27. The van der Waals surface area contributed by atoms with E-state index in [1.54, 1.807) is 0 Å². The normalized spacial score (nSPS) is 18.4. The van der Waals surface area contributed by atoms with Crippen molar-refractivity contribution in [1.29, 1.82) is 0 Å². The molecule has 2 unspecified atom stereocenters. The van der Waals surface area contributed by atoms with Gasteiger partial charge < -0.3 is 15.6 Å². The maximum atomic E-state index is 9.69. The van der Waals surface area contributed by atoms with Crippen LogP contribution in [-0.2, 0) is 13.2 Å². The summed E-state index contributed by atoms with van der Waals surface area (Å²) in [5.41, 5.74) is 9.63. The number of aliphatic hydroxyl groups is 1. The van der Waals surface area contributed by atoms with Crippen molar-refractivity contribution in [2.45, 2.75) is 38.6 Å². The fourth-order valence-electron chi connectivity index (χ4n) is 3.52. The molecule has 2 aromatic carbocycles. The molecule has 0 saturated carbocycles. The monoisotopic (exact) mass is 326 g/mol. The van der Waals surface area contributed by atoms with Gasteiger partial charge in [0.2, 0.25) is 0 Å². The number of fused-ring (bicyclic) bond motifs is 1. The summed E-state index contributed by atoms with van der Waals surface area (Å²) in [4.78, 5) is 2.31. The number of benzene rings is 2. The number of hydrogen-bond donors (Lipinski definition) is 2. The zero-order valence-corrected chi connectivity index (χ0v) is 14.2. The van der Waals surface area contributed by atoms with E-state index in [0.29, 0.717) is 13.2 Å². The molecule has 2 aromatic rings. The van der Waals surface area contributed by atoms with Gasteiger partial charge in [-0.2, -0.15) is 0 Å². The van der Waals surface area contributed by atoms with Crippen molar-refractivity contribution in [3.8, 4) is 5.75 Å². The SMILES string of the molecule is CCC(CO)N1Cc2c(OCc3ccccc3)cccc2C1CN. The summed E-state index contributed by atoms with van der Waals surface area (Å²) >= 11 is 0. The van der Waals surface area contributed by atoms with Gasteiger partial charge in [0.1, 0.15) is 12.4 Å². The van der Waals surface area contributed by atoms with Gasteiger partial charge in [0.15, 0.2) is 0 Å². The van der Waals surface area contributed by atoms with Crippen molar-refractivity contribution >= 4 is 0 Å². The molecular weight excluding hydrogens is 300 g/mol. The average molecular weight is 326 g/mol. The molecule has 1 aliphatic heterocycles. The lowest BCUT2D eigenvalue weighted by molar-refractivity contribution is 0.0890. The third kappa shape index (κ3) is 3.31. The first-order valence-corrected chi connectivity index (χ1v) is 8.63. The summed E-state index contributed by atoms with van der Waals surface area (Å²) in [5.74, 6) is 0.921. The minimum atomic E-state index is 0.132. The highest BCUT2D eigenvalue weighted by Crippen LogP contribution is 2.40. The van der Waals surface area contributed by atoms with E-state index < -0.39 is 0 Å². The van der Waals surface area contributed by atoms with Crippen molar-refractivity contribution < 1.29 is 9.84 Å². The minimum Gasteiger partial charge on any atom is -0.489 e. The molecule has 0 spiro atoms. The lowest BCUT2D eigenvalue weighted by Gasteiger charge is -2.30. The number of aliphatic hydroxyl groups excluding tert-OH is 1. The van der Waals surface area contributed by atoms with E-state index in [9.17, 15) is 5.11 Å². The van der Waals surface area contributed by atoms with Crippen LogP contribution in [0.2, 0.25) is 0 Å². The van der Waals surface area contributed by atoms with Gasteiger partial charge >= 0.3 is 0 Å². The zero-order chi connectivity index (χ0) is 16.9. The van der Waals surface area contributed by atoms with Gasteiger partial charge in [-0.1, -0.05) is 49.4 Å². The van der Waals surface area contributed by atoms with Gasteiger partial charge in [-0.3, -0.25) is 4.90 Å². The molecule has 0 saturated heterocycles. The van der Waals surface area contributed by atoms with Gasteiger partial charge in [0.25, 0.3) is 0 Å². The Morgan fingerprint density at radius 3 is 2.67 bits per heavy atom. The number of nitrogens with two attached hydrogens (primary N) is 1. The maximum Gasteiger partial charge on any atom is 0.124 e. The highest BCUT2D eigenvalue weighted by molar-refractivity contribution is 5.45. The lowest BCUT2D eigenvalue weighted by Crippen LogP contribution is -2.38. The topological polar surface area (TPSA) is 58.7 Å². The van der Waals surface area contributed by atoms with Crippen LogP contribution >= 0.6 is 0 Å². The van der Waals surface area contributed by atoms with Crippen molar-refractivity contribution in [1.82, 2.24) is 4.90 Å². The fraction of sp³-hybridized carbons (Fsp3) is 0.400. The minimum absolute atomic E-state index is 0.132. The van der Waals surface area contributed by atoms with Gasteiger partial charge in [-0.05, 0) is 23.6 Å². The number of ether oxygens (including phenoxy) is 1. The largest absolute Gasteiger partial charge is 0.489 e. The van der Waals surface area contributed by atoms with E-state index in [4.69, 9.17) is 10.5 Å². The summed E-state index contributed by atoms with van der Waals surface area (Å²) in [6.45, 7) is 4.14. The summed E-state index contributed by atoms with van der Waals surface area (Å²) in [7, 11) is 0. The molecule has 0 radical (unpaired) electrons. The van der Waals surface area contributed by atoms with E-state index in [-0.39, 0.29) is 18.7 Å². The molecule has 1 heterocycles. The Morgan fingerprint density at radius 1 is 1.21 bits per heavy atom. The van der Waals surface area contributed by atoms with Crippen LogP contribution in [0.3, 0.4) is 0 Å². The van der Waals surface area contributed by atoms with E-state index in [1.807, 2.05) is 30.3 Å². The van der Waals surface area contributed by atoms with Crippen LogP contribution in [0.25, 0.3) is 0 Å². The molecule has 3 N–H and O–H groups in total. The molecule has 0 bridgehead atoms. The number of rotatable bonds is 7. The van der Waals surface area contributed by atoms with E-state index in [0.717, 1.165) is 24.3 Å². The third-order valence-electron chi connectivity index (χ3n) is 4.88. The maximum absolute atomic E-state index is 9.69. The van der Waals surface area contributed by atoms with E-state index >= 15 is 0 Å². The number of nitrogens with zero attached hydrogens (tertiary/aromatic N) is 1.